The molecule has 0 fully saturated rings. The van der Waals surface area contributed by atoms with Gasteiger partial charge in [-0.05, 0) is 50.5 Å². The van der Waals surface area contributed by atoms with Gasteiger partial charge < -0.3 is 24.5 Å². The summed E-state index contributed by atoms with van der Waals surface area (Å²) in [5.41, 5.74) is 1.67. The number of rotatable bonds is 4. The van der Waals surface area contributed by atoms with Crippen molar-refractivity contribution in [3.05, 3.63) is 60.2 Å². The van der Waals surface area contributed by atoms with Crippen molar-refractivity contribution in [1.29, 1.82) is 0 Å². The van der Waals surface area contributed by atoms with Crippen molar-refractivity contribution in [2.75, 3.05) is 5.32 Å². The number of imidazole rings is 2. The standard InChI is InChI=1S/C21H26N6O2/c1-21(2)8-7-14-13-15(5-6-16(14)29-21)24-20(28)25-17(18-22-9-11-26(18)3)19-23-10-12-27(19)4/h5-6,9-13,17H,7-8H2,1-4H3,(H2,24,25,28). The molecule has 0 saturated heterocycles. The van der Waals surface area contributed by atoms with Crippen molar-refractivity contribution >= 4 is 11.7 Å². The van der Waals surface area contributed by atoms with Crippen LogP contribution in [0.5, 0.6) is 5.75 Å². The van der Waals surface area contributed by atoms with E-state index in [0.717, 1.165) is 29.8 Å². The number of benzene rings is 1. The quantitative estimate of drug-likeness (QED) is 0.712. The van der Waals surface area contributed by atoms with E-state index in [9.17, 15) is 4.79 Å². The Balaban J connectivity index is 1.52. The number of hydrogen-bond donors (Lipinski definition) is 2. The second-order valence-electron chi connectivity index (χ2n) is 8.01. The van der Waals surface area contributed by atoms with E-state index in [1.807, 2.05) is 53.8 Å². The summed E-state index contributed by atoms with van der Waals surface area (Å²) in [6, 6.07) is 4.95. The lowest BCUT2D eigenvalue weighted by atomic mass is 9.94. The molecule has 0 spiro atoms. The average molecular weight is 394 g/mol. The topological polar surface area (TPSA) is 86.0 Å². The summed E-state index contributed by atoms with van der Waals surface area (Å²) in [6.45, 7) is 4.18. The minimum absolute atomic E-state index is 0.156. The first-order valence-electron chi connectivity index (χ1n) is 9.66. The SMILES string of the molecule is Cn1ccnc1C(NC(=O)Nc1ccc2c(c1)CCC(C)(C)O2)c1nccn1C. The van der Waals surface area contributed by atoms with Crippen LogP contribution < -0.4 is 15.4 Å². The molecule has 3 aromatic rings. The van der Waals surface area contributed by atoms with Gasteiger partial charge in [0.1, 0.15) is 29.0 Å². The van der Waals surface area contributed by atoms with E-state index in [-0.39, 0.29) is 11.6 Å². The Morgan fingerprint density at radius 2 is 1.79 bits per heavy atom. The maximum absolute atomic E-state index is 12.8. The lowest BCUT2D eigenvalue weighted by Gasteiger charge is -2.32. The molecular formula is C21H26N6O2. The minimum atomic E-state index is -0.475. The van der Waals surface area contributed by atoms with Gasteiger partial charge in [-0.25, -0.2) is 14.8 Å². The molecule has 0 radical (unpaired) electrons. The third-order valence-electron chi connectivity index (χ3n) is 5.21. The molecule has 8 heteroatoms. The van der Waals surface area contributed by atoms with Crippen LogP contribution in [-0.2, 0) is 20.5 Å². The molecule has 2 amide bonds. The van der Waals surface area contributed by atoms with E-state index in [1.165, 1.54) is 0 Å². The molecule has 0 atom stereocenters. The molecule has 0 unspecified atom stereocenters. The first kappa shape index (κ1) is 19.0. The van der Waals surface area contributed by atoms with Crippen LogP contribution in [0.4, 0.5) is 10.5 Å². The summed E-state index contributed by atoms with van der Waals surface area (Å²) in [5.74, 6) is 2.29. The zero-order valence-corrected chi connectivity index (χ0v) is 17.1. The monoisotopic (exact) mass is 394 g/mol. The highest BCUT2D eigenvalue weighted by molar-refractivity contribution is 5.90. The summed E-state index contributed by atoms with van der Waals surface area (Å²) in [5, 5.41) is 5.92. The van der Waals surface area contributed by atoms with Crippen molar-refractivity contribution in [3.8, 4) is 5.75 Å². The van der Waals surface area contributed by atoms with Crippen LogP contribution >= 0.6 is 0 Å². The molecule has 2 N–H and O–H groups in total. The summed E-state index contributed by atoms with van der Waals surface area (Å²) in [7, 11) is 3.78. The van der Waals surface area contributed by atoms with Crippen LogP contribution in [0, 0.1) is 0 Å². The van der Waals surface area contributed by atoms with E-state index in [0.29, 0.717) is 11.6 Å². The van der Waals surface area contributed by atoms with E-state index >= 15 is 0 Å². The summed E-state index contributed by atoms with van der Waals surface area (Å²) >= 11 is 0. The Bertz CT molecular complexity index is 995. The third-order valence-corrected chi connectivity index (χ3v) is 5.21. The lowest BCUT2D eigenvalue weighted by Crippen LogP contribution is -2.36. The van der Waals surface area contributed by atoms with E-state index in [1.54, 1.807) is 12.4 Å². The Kier molecular flexibility index (Phi) is 4.77. The fourth-order valence-electron chi connectivity index (χ4n) is 3.59. The maximum Gasteiger partial charge on any atom is 0.320 e. The van der Waals surface area contributed by atoms with Crippen LogP contribution in [-0.4, -0.2) is 30.7 Å². The summed E-state index contributed by atoms with van der Waals surface area (Å²) in [6.07, 6.45) is 8.95. The number of aromatic nitrogens is 4. The zero-order valence-electron chi connectivity index (χ0n) is 17.1. The van der Waals surface area contributed by atoms with Crippen LogP contribution in [0.2, 0.25) is 0 Å². The molecule has 152 valence electrons. The summed E-state index contributed by atoms with van der Waals surface area (Å²) < 4.78 is 9.76. The number of fused-ring (bicyclic) bond motifs is 1. The third kappa shape index (κ3) is 3.96. The molecule has 4 rings (SSSR count). The number of hydrogen-bond acceptors (Lipinski definition) is 4. The number of amides is 2. The van der Waals surface area contributed by atoms with E-state index in [4.69, 9.17) is 4.74 Å². The Morgan fingerprint density at radius 1 is 1.14 bits per heavy atom. The van der Waals surface area contributed by atoms with Crippen molar-refractivity contribution < 1.29 is 9.53 Å². The van der Waals surface area contributed by atoms with E-state index in [2.05, 4.69) is 34.4 Å². The second kappa shape index (κ2) is 7.27. The molecule has 0 bridgehead atoms. The molecule has 2 aromatic heterocycles. The fraction of sp³-hybridized carbons (Fsp3) is 0.381. The highest BCUT2D eigenvalue weighted by Gasteiger charge is 2.27. The largest absolute Gasteiger partial charge is 0.488 e. The van der Waals surface area contributed by atoms with Crippen molar-refractivity contribution in [2.45, 2.75) is 38.3 Å². The van der Waals surface area contributed by atoms with Gasteiger partial charge in [-0.15, -0.1) is 0 Å². The van der Waals surface area contributed by atoms with Crippen molar-refractivity contribution in [1.82, 2.24) is 24.4 Å². The molecule has 0 aliphatic carbocycles. The normalized spacial score (nSPS) is 14.9. The van der Waals surface area contributed by atoms with Crippen LogP contribution in [0.15, 0.2) is 43.0 Å². The van der Waals surface area contributed by atoms with Gasteiger partial charge in [-0.1, -0.05) is 0 Å². The van der Waals surface area contributed by atoms with Crippen LogP contribution in [0.1, 0.15) is 43.5 Å². The van der Waals surface area contributed by atoms with E-state index < -0.39 is 6.04 Å². The number of ether oxygens (including phenoxy) is 1. The first-order valence-corrected chi connectivity index (χ1v) is 9.66. The second-order valence-corrected chi connectivity index (χ2v) is 8.01. The Hall–Kier alpha value is -3.29. The van der Waals surface area contributed by atoms with Gasteiger partial charge in [0.05, 0.1) is 0 Å². The fourth-order valence-corrected chi connectivity index (χ4v) is 3.59. The number of nitrogens with zero attached hydrogens (tertiary/aromatic N) is 4. The van der Waals surface area contributed by atoms with Gasteiger partial charge in [-0.2, -0.15) is 0 Å². The highest BCUT2D eigenvalue weighted by atomic mass is 16.5. The molecule has 1 aliphatic heterocycles. The smallest absolute Gasteiger partial charge is 0.320 e. The van der Waals surface area contributed by atoms with Crippen molar-refractivity contribution in [2.24, 2.45) is 14.1 Å². The highest BCUT2D eigenvalue weighted by Crippen LogP contribution is 2.34. The maximum atomic E-state index is 12.8. The number of nitrogens with one attached hydrogen (secondary N) is 2. The number of urea groups is 1. The zero-order chi connectivity index (χ0) is 20.6. The molecule has 1 aromatic carbocycles. The van der Waals surface area contributed by atoms with Gasteiger partial charge in [-0.3, -0.25) is 0 Å². The van der Waals surface area contributed by atoms with Crippen LogP contribution in [0.25, 0.3) is 0 Å². The Morgan fingerprint density at radius 3 is 2.38 bits per heavy atom. The molecule has 1 aliphatic rings. The first-order chi connectivity index (χ1) is 13.8. The number of carbonyl (C=O) groups excluding carboxylic acids is 1. The molecular weight excluding hydrogens is 368 g/mol. The predicted octanol–water partition coefficient (Wildman–Crippen LogP) is 3.17. The molecule has 29 heavy (non-hydrogen) atoms. The van der Waals surface area contributed by atoms with Gasteiger partial charge in [0, 0.05) is 44.6 Å². The van der Waals surface area contributed by atoms with Gasteiger partial charge >= 0.3 is 6.03 Å². The predicted molar refractivity (Wildman–Crippen MR) is 110 cm³/mol. The molecule has 8 nitrogen and oxygen atoms in total. The lowest BCUT2D eigenvalue weighted by molar-refractivity contribution is 0.0847. The van der Waals surface area contributed by atoms with Gasteiger partial charge in [0.15, 0.2) is 0 Å². The Labute approximate surface area is 169 Å². The van der Waals surface area contributed by atoms with Crippen LogP contribution in [0.3, 0.4) is 0 Å². The van der Waals surface area contributed by atoms with Gasteiger partial charge in [0.25, 0.3) is 0 Å². The molecule has 0 saturated carbocycles. The number of carbonyl (C=O) groups is 1. The number of aryl methyl sites for hydroxylation is 3. The van der Waals surface area contributed by atoms with Gasteiger partial charge in [0.2, 0.25) is 0 Å². The summed E-state index contributed by atoms with van der Waals surface area (Å²) in [4.78, 5) is 21.6. The molecule has 3 heterocycles. The number of anilines is 1. The van der Waals surface area contributed by atoms with Crippen molar-refractivity contribution in [3.63, 3.8) is 0 Å². The minimum Gasteiger partial charge on any atom is -0.488 e. The average Bonchev–Trinajstić information content (AvgIpc) is 3.28.